The van der Waals surface area contributed by atoms with E-state index < -0.39 is 42.6 Å². The maximum atomic E-state index is 10.2. The Labute approximate surface area is 171 Å². The van der Waals surface area contributed by atoms with Gasteiger partial charge in [0, 0.05) is 6.42 Å². The molecule has 0 aromatic heterocycles. The minimum absolute atomic E-state index is 0.163. The highest BCUT2D eigenvalue weighted by Crippen LogP contribution is 2.21. The van der Waals surface area contributed by atoms with Crippen LogP contribution in [0.2, 0.25) is 0 Å². The first-order chi connectivity index (χ1) is 13.8. The Kier molecular flexibility index (Phi) is 9.78. The predicted molar refractivity (Wildman–Crippen MR) is 107 cm³/mol. The molecule has 29 heavy (non-hydrogen) atoms. The maximum Gasteiger partial charge on any atom is 0.115 e. The number of hydrogen-bond donors (Lipinski definition) is 8. The average Bonchev–Trinajstić information content (AvgIpc) is 3.00. The molecule has 8 heteroatoms. The van der Waals surface area contributed by atoms with Crippen LogP contribution < -0.4 is 5.32 Å². The first kappa shape index (κ1) is 24.0. The van der Waals surface area contributed by atoms with Crippen LogP contribution in [0, 0.1) is 0 Å². The van der Waals surface area contributed by atoms with Crippen LogP contribution in [-0.4, -0.2) is 85.0 Å². The topological polar surface area (TPSA) is 154 Å². The fourth-order valence-electron chi connectivity index (χ4n) is 3.84. The highest BCUT2D eigenvalue weighted by Gasteiger charge is 2.43. The second kappa shape index (κ2) is 11.8. The Balaban J connectivity index is 1.57. The normalized spacial score (nSPS) is 27.7. The molecule has 1 aromatic carbocycles. The molecule has 0 amide bonds. The van der Waals surface area contributed by atoms with Gasteiger partial charge in [0.15, 0.2) is 0 Å². The summed E-state index contributed by atoms with van der Waals surface area (Å²) in [5.74, 6) is 0.163. The molecule has 8 nitrogen and oxygen atoms in total. The molecule has 0 aliphatic carbocycles. The second-order valence-electron chi connectivity index (χ2n) is 8.03. The fourth-order valence-corrected chi connectivity index (χ4v) is 3.84. The Hall–Kier alpha value is -1.26. The van der Waals surface area contributed by atoms with E-state index in [0.29, 0.717) is 19.3 Å². The van der Waals surface area contributed by atoms with Crippen molar-refractivity contribution in [1.29, 1.82) is 0 Å². The number of nitrogens with one attached hydrogen (secondary N) is 1. The standard InChI is InChI=1S/C21H35NO7/c23-12-15-20(28)21(29)19(22-15)17(26)6-4-2-1-3-5-16(25)18(27)11-13-7-9-14(24)10-8-13/h7-10,15-29H,1-6,11-12H2/t15-,16+,17-,18+,19-,20-,21-/m1/s1. The van der Waals surface area contributed by atoms with E-state index in [1.807, 2.05) is 0 Å². The van der Waals surface area contributed by atoms with Gasteiger partial charge < -0.3 is 41.1 Å². The van der Waals surface area contributed by atoms with Gasteiger partial charge in [0.25, 0.3) is 0 Å². The molecule has 8 N–H and O–H groups in total. The van der Waals surface area contributed by atoms with Gasteiger partial charge in [-0.1, -0.05) is 37.8 Å². The molecule has 1 saturated heterocycles. The third-order valence-electron chi connectivity index (χ3n) is 5.72. The van der Waals surface area contributed by atoms with E-state index in [1.54, 1.807) is 24.3 Å². The van der Waals surface area contributed by atoms with Gasteiger partial charge in [-0.2, -0.15) is 0 Å². The zero-order valence-electron chi connectivity index (χ0n) is 16.6. The highest BCUT2D eigenvalue weighted by molar-refractivity contribution is 5.26. The first-order valence-electron chi connectivity index (χ1n) is 10.4. The third-order valence-corrected chi connectivity index (χ3v) is 5.72. The first-order valence-corrected chi connectivity index (χ1v) is 10.4. The lowest BCUT2D eigenvalue weighted by Crippen LogP contribution is -2.44. The summed E-state index contributed by atoms with van der Waals surface area (Å²) in [6, 6.07) is 5.25. The van der Waals surface area contributed by atoms with Crippen LogP contribution in [0.3, 0.4) is 0 Å². The van der Waals surface area contributed by atoms with Gasteiger partial charge in [0.05, 0.1) is 49.2 Å². The van der Waals surface area contributed by atoms with Crippen LogP contribution in [0.15, 0.2) is 24.3 Å². The number of unbranched alkanes of at least 4 members (excludes halogenated alkanes) is 3. The maximum absolute atomic E-state index is 10.2. The van der Waals surface area contributed by atoms with Gasteiger partial charge in [0.1, 0.15) is 5.75 Å². The number of phenolic OH excluding ortho intramolecular Hbond substituents is 1. The molecular formula is C21H35NO7. The molecule has 0 saturated carbocycles. The summed E-state index contributed by atoms with van der Waals surface area (Å²) in [5.41, 5.74) is 0.847. The number of rotatable bonds is 12. The Morgan fingerprint density at radius 1 is 0.828 bits per heavy atom. The minimum Gasteiger partial charge on any atom is -0.508 e. The van der Waals surface area contributed by atoms with Crippen LogP contribution in [0.5, 0.6) is 5.75 Å². The van der Waals surface area contributed by atoms with E-state index in [9.17, 15) is 30.6 Å². The molecule has 7 atom stereocenters. The predicted octanol–water partition coefficient (Wildman–Crippen LogP) is -0.588. The van der Waals surface area contributed by atoms with E-state index in [0.717, 1.165) is 31.2 Å². The lowest BCUT2D eigenvalue weighted by molar-refractivity contribution is -0.00450. The van der Waals surface area contributed by atoms with Crippen LogP contribution in [0.1, 0.15) is 44.1 Å². The summed E-state index contributed by atoms with van der Waals surface area (Å²) in [6.45, 7) is -0.303. The molecule has 1 heterocycles. The van der Waals surface area contributed by atoms with Crippen molar-refractivity contribution < 1.29 is 35.7 Å². The smallest absolute Gasteiger partial charge is 0.115 e. The van der Waals surface area contributed by atoms with Crippen LogP contribution in [-0.2, 0) is 6.42 Å². The van der Waals surface area contributed by atoms with Crippen LogP contribution in [0.4, 0.5) is 0 Å². The lowest BCUT2D eigenvalue weighted by Gasteiger charge is -2.22. The molecule has 2 rings (SSSR count). The largest absolute Gasteiger partial charge is 0.508 e. The average molecular weight is 414 g/mol. The summed E-state index contributed by atoms with van der Waals surface area (Å²) < 4.78 is 0. The number of phenols is 1. The Bertz CT molecular complexity index is 585. The number of hydrogen-bond acceptors (Lipinski definition) is 8. The summed E-state index contributed by atoms with van der Waals surface area (Å²) in [5, 5.41) is 71.4. The van der Waals surface area contributed by atoms with Gasteiger partial charge in [-0.25, -0.2) is 0 Å². The van der Waals surface area contributed by atoms with E-state index in [-0.39, 0.29) is 12.4 Å². The van der Waals surface area contributed by atoms with Gasteiger partial charge >= 0.3 is 0 Å². The fraction of sp³-hybridized carbons (Fsp3) is 0.714. The zero-order chi connectivity index (χ0) is 21.4. The van der Waals surface area contributed by atoms with Crippen molar-refractivity contribution in [2.75, 3.05) is 6.61 Å². The Morgan fingerprint density at radius 3 is 2.03 bits per heavy atom. The molecule has 1 aliphatic rings. The molecule has 0 unspecified atom stereocenters. The Morgan fingerprint density at radius 2 is 1.45 bits per heavy atom. The molecule has 1 aromatic rings. The number of aliphatic hydroxyl groups is 6. The van der Waals surface area contributed by atoms with Crippen molar-refractivity contribution in [1.82, 2.24) is 5.32 Å². The third kappa shape index (κ3) is 7.18. The van der Waals surface area contributed by atoms with Crippen LogP contribution >= 0.6 is 0 Å². The van der Waals surface area contributed by atoms with Crippen molar-refractivity contribution in [3.05, 3.63) is 29.8 Å². The van der Waals surface area contributed by atoms with Crippen molar-refractivity contribution >= 4 is 0 Å². The van der Waals surface area contributed by atoms with E-state index in [4.69, 9.17) is 5.11 Å². The van der Waals surface area contributed by atoms with E-state index >= 15 is 0 Å². The van der Waals surface area contributed by atoms with Gasteiger partial charge in [-0.3, -0.25) is 0 Å². The quantitative estimate of drug-likeness (QED) is 0.212. The lowest BCUT2D eigenvalue weighted by atomic mass is 9.97. The van der Waals surface area contributed by atoms with Gasteiger partial charge in [-0.15, -0.1) is 0 Å². The monoisotopic (exact) mass is 413 g/mol. The molecule has 0 bridgehead atoms. The molecule has 1 fully saturated rings. The van der Waals surface area contributed by atoms with Gasteiger partial charge in [-0.05, 0) is 30.5 Å². The second-order valence-corrected chi connectivity index (χ2v) is 8.03. The van der Waals surface area contributed by atoms with Crippen molar-refractivity contribution in [2.24, 2.45) is 0 Å². The number of aliphatic hydroxyl groups excluding tert-OH is 6. The zero-order valence-corrected chi connectivity index (χ0v) is 16.6. The highest BCUT2D eigenvalue weighted by atomic mass is 16.3. The molecule has 0 radical (unpaired) electrons. The van der Waals surface area contributed by atoms with Gasteiger partial charge in [0.2, 0.25) is 0 Å². The van der Waals surface area contributed by atoms with E-state index in [2.05, 4.69) is 5.32 Å². The molecule has 166 valence electrons. The minimum atomic E-state index is -1.10. The number of aromatic hydroxyl groups is 1. The summed E-state index contributed by atoms with van der Waals surface area (Å²) in [6.07, 6.45) is -0.240. The summed E-state index contributed by atoms with van der Waals surface area (Å²) >= 11 is 0. The van der Waals surface area contributed by atoms with Crippen molar-refractivity contribution in [3.8, 4) is 5.75 Å². The summed E-state index contributed by atoms with van der Waals surface area (Å²) in [4.78, 5) is 0. The van der Waals surface area contributed by atoms with E-state index in [1.165, 1.54) is 0 Å². The van der Waals surface area contributed by atoms with Crippen molar-refractivity contribution in [3.63, 3.8) is 0 Å². The summed E-state index contributed by atoms with van der Waals surface area (Å²) in [7, 11) is 0. The van der Waals surface area contributed by atoms with Crippen LogP contribution in [0.25, 0.3) is 0 Å². The molecule has 1 aliphatic heterocycles. The SMILES string of the molecule is OC[C@H]1N[C@H]([C@H](O)CCCCCC[C@H](O)[C@@H](O)Cc2ccc(O)cc2)[C@@H](O)[C@@H]1O. The number of benzene rings is 1. The van der Waals surface area contributed by atoms with Crippen molar-refractivity contribution in [2.45, 2.75) is 87.5 Å². The molecular weight excluding hydrogens is 378 g/mol. The molecule has 0 spiro atoms.